The van der Waals surface area contributed by atoms with Crippen LogP contribution in [-0.2, 0) is 11.3 Å². The van der Waals surface area contributed by atoms with E-state index in [1.807, 2.05) is 0 Å². The zero-order valence-corrected chi connectivity index (χ0v) is 13.9. The monoisotopic (exact) mass is 341 g/mol. The standard InChI is InChI=1S/C16H23N3O3.ClH/c17-12-16(8-4-1-5-9-16)10-15(20)18-11-13-6-2-3-7-14(13)19(21)22;/h2-3,6-7H,1,4-5,8-12,17H2,(H,18,20);1H. The smallest absolute Gasteiger partial charge is 0.274 e. The van der Waals surface area contributed by atoms with Gasteiger partial charge in [0.05, 0.1) is 4.92 Å². The van der Waals surface area contributed by atoms with E-state index < -0.39 is 4.92 Å². The summed E-state index contributed by atoms with van der Waals surface area (Å²) < 4.78 is 0. The normalized spacial score (nSPS) is 16.2. The largest absolute Gasteiger partial charge is 0.352 e. The summed E-state index contributed by atoms with van der Waals surface area (Å²) in [4.78, 5) is 22.7. The fraction of sp³-hybridized carbons (Fsp3) is 0.562. The van der Waals surface area contributed by atoms with Crippen molar-refractivity contribution in [3.8, 4) is 0 Å². The lowest BCUT2D eigenvalue weighted by Gasteiger charge is -2.35. The van der Waals surface area contributed by atoms with Crippen molar-refractivity contribution in [1.82, 2.24) is 5.32 Å². The quantitative estimate of drug-likeness (QED) is 0.613. The van der Waals surface area contributed by atoms with E-state index in [0.29, 0.717) is 18.5 Å². The molecule has 23 heavy (non-hydrogen) atoms. The first-order valence-corrected chi connectivity index (χ1v) is 7.75. The minimum atomic E-state index is -0.427. The van der Waals surface area contributed by atoms with Crippen molar-refractivity contribution in [2.45, 2.75) is 45.1 Å². The van der Waals surface area contributed by atoms with Crippen molar-refractivity contribution < 1.29 is 9.72 Å². The molecule has 3 N–H and O–H groups in total. The predicted molar refractivity (Wildman–Crippen MR) is 91.4 cm³/mol. The van der Waals surface area contributed by atoms with Crippen molar-refractivity contribution >= 4 is 24.0 Å². The Hall–Kier alpha value is -1.66. The zero-order chi connectivity index (χ0) is 16.0. The van der Waals surface area contributed by atoms with Gasteiger partial charge in [-0.3, -0.25) is 14.9 Å². The molecule has 0 unspecified atom stereocenters. The molecule has 0 bridgehead atoms. The summed E-state index contributed by atoms with van der Waals surface area (Å²) >= 11 is 0. The minimum Gasteiger partial charge on any atom is -0.352 e. The molecule has 2 rings (SSSR count). The molecule has 1 aromatic carbocycles. The number of hydrogen-bond acceptors (Lipinski definition) is 4. The fourth-order valence-corrected chi connectivity index (χ4v) is 3.19. The number of amides is 1. The number of rotatable bonds is 6. The number of nitro benzene ring substituents is 1. The summed E-state index contributed by atoms with van der Waals surface area (Å²) in [6.07, 6.45) is 5.83. The molecule has 7 heteroatoms. The number of hydrogen-bond donors (Lipinski definition) is 2. The van der Waals surface area contributed by atoms with Gasteiger partial charge in [0, 0.05) is 24.6 Å². The Morgan fingerprint density at radius 1 is 1.26 bits per heavy atom. The number of benzene rings is 1. The number of halogens is 1. The average Bonchev–Trinajstić information content (AvgIpc) is 2.54. The molecule has 0 spiro atoms. The topological polar surface area (TPSA) is 98.3 Å². The third kappa shape index (κ3) is 5.18. The van der Waals surface area contributed by atoms with Gasteiger partial charge in [0.15, 0.2) is 0 Å². The number of carbonyl (C=O) groups excluding carboxylic acids is 1. The number of nitrogens with one attached hydrogen (secondary N) is 1. The molecule has 128 valence electrons. The number of para-hydroxylation sites is 1. The lowest BCUT2D eigenvalue weighted by Crippen LogP contribution is -2.38. The highest BCUT2D eigenvalue weighted by atomic mass is 35.5. The molecular weight excluding hydrogens is 318 g/mol. The molecule has 1 aromatic rings. The Kier molecular flexibility index (Phi) is 7.45. The molecule has 0 heterocycles. The molecule has 0 aromatic heterocycles. The molecule has 0 radical (unpaired) electrons. The summed E-state index contributed by atoms with van der Waals surface area (Å²) in [6.45, 7) is 0.697. The third-order valence-electron chi connectivity index (χ3n) is 4.55. The van der Waals surface area contributed by atoms with E-state index in [9.17, 15) is 14.9 Å². The highest BCUT2D eigenvalue weighted by Gasteiger charge is 2.32. The SMILES string of the molecule is Cl.NCC1(CC(=O)NCc2ccccc2[N+](=O)[O-])CCCCC1. The third-order valence-corrected chi connectivity index (χ3v) is 4.55. The Balaban J connectivity index is 0.00000264. The van der Waals surface area contributed by atoms with Crippen LogP contribution in [0.3, 0.4) is 0 Å². The number of nitro groups is 1. The van der Waals surface area contributed by atoms with Crippen LogP contribution in [0.15, 0.2) is 24.3 Å². The fourth-order valence-electron chi connectivity index (χ4n) is 3.19. The van der Waals surface area contributed by atoms with Gasteiger partial charge >= 0.3 is 0 Å². The molecule has 0 aliphatic heterocycles. The first-order chi connectivity index (χ1) is 10.6. The molecule has 1 aliphatic carbocycles. The van der Waals surface area contributed by atoms with E-state index >= 15 is 0 Å². The highest BCUT2D eigenvalue weighted by Crippen LogP contribution is 2.38. The highest BCUT2D eigenvalue weighted by molar-refractivity contribution is 5.85. The van der Waals surface area contributed by atoms with E-state index in [4.69, 9.17) is 5.73 Å². The maximum atomic E-state index is 12.2. The predicted octanol–water partition coefficient (Wildman–Crippen LogP) is 2.93. The molecular formula is C16H24ClN3O3. The van der Waals surface area contributed by atoms with Crippen LogP contribution in [0, 0.1) is 15.5 Å². The van der Waals surface area contributed by atoms with Crippen LogP contribution < -0.4 is 11.1 Å². The second-order valence-corrected chi connectivity index (χ2v) is 6.10. The van der Waals surface area contributed by atoms with Gasteiger partial charge in [-0.1, -0.05) is 37.5 Å². The van der Waals surface area contributed by atoms with Crippen LogP contribution in [0.4, 0.5) is 5.69 Å². The van der Waals surface area contributed by atoms with Gasteiger partial charge in [-0.15, -0.1) is 12.4 Å². The van der Waals surface area contributed by atoms with E-state index in [1.165, 1.54) is 12.5 Å². The molecule has 6 nitrogen and oxygen atoms in total. The van der Waals surface area contributed by atoms with Crippen LogP contribution in [0.5, 0.6) is 0 Å². The first kappa shape index (κ1) is 19.4. The van der Waals surface area contributed by atoms with E-state index in [0.717, 1.165) is 25.7 Å². The maximum absolute atomic E-state index is 12.2. The van der Waals surface area contributed by atoms with Crippen molar-refractivity contribution in [1.29, 1.82) is 0 Å². The van der Waals surface area contributed by atoms with Crippen molar-refractivity contribution in [3.63, 3.8) is 0 Å². The van der Waals surface area contributed by atoms with Gasteiger partial charge < -0.3 is 11.1 Å². The summed E-state index contributed by atoms with van der Waals surface area (Å²) in [5, 5.41) is 13.8. The first-order valence-electron chi connectivity index (χ1n) is 7.75. The van der Waals surface area contributed by atoms with E-state index in [-0.39, 0.29) is 36.0 Å². The van der Waals surface area contributed by atoms with Crippen molar-refractivity contribution in [2.75, 3.05) is 6.54 Å². The van der Waals surface area contributed by atoms with Gasteiger partial charge in [0.2, 0.25) is 5.91 Å². The van der Waals surface area contributed by atoms with E-state index in [2.05, 4.69) is 5.32 Å². The second kappa shape index (κ2) is 8.84. The molecule has 1 amide bonds. The zero-order valence-electron chi connectivity index (χ0n) is 13.1. The van der Waals surface area contributed by atoms with Crippen LogP contribution >= 0.6 is 12.4 Å². The molecule has 0 atom stereocenters. The van der Waals surface area contributed by atoms with Gasteiger partial charge in [-0.25, -0.2) is 0 Å². The number of nitrogens with two attached hydrogens (primary N) is 1. The van der Waals surface area contributed by atoms with Crippen LogP contribution in [0.1, 0.15) is 44.1 Å². The molecule has 1 aliphatic rings. The molecule has 1 fully saturated rings. The van der Waals surface area contributed by atoms with Crippen LogP contribution in [0.2, 0.25) is 0 Å². The Morgan fingerprint density at radius 3 is 2.52 bits per heavy atom. The van der Waals surface area contributed by atoms with Crippen molar-refractivity contribution in [3.05, 3.63) is 39.9 Å². The van der Waals surface area contributed by atoms with Crippen LogP contribution in [-0.4, -0.2) is 17.4 Å². The van der Waals surface area contributed by atoms with Gasteiger partial charge in [0.1, 0.15) is 0 Å². The van der Waals surface area contributed by atoms with Crippen molar-refractivity contribution in [2.24, 2.45) is 11.1 Å². The Morgan fingerprint density at radius 2 is 1.91 bits per heavy atom. The molecule has 0 saturated heterocycles. The summed E-state index contributed by atoms with van der Waals surface area (Å²) in [6, 6.07) is 6.47. The number of nitrogens with zero attached hydrogens (tertiary/aromatic N) is 1. The lowest BCUT2D eigenvalue weighted by molar-refractivity contribution is -0.385. The van der Waals surface area contributed by atoms with E-state index in [1.54, 1.807) is 18.2 Å². The van der Waals surface area contributed by atoms with Gasteiger partial charge in [0.25, 0.3) is 5.69 Å². The van der Waals surface area contributed by atoms with Gasteiger partial charge in [-0.05, 0) is 24.8 Å². The molecule has 1 saturated carbocycles. The van der Waals surface area contributed by atoms with Crippen LogP contribution in [0.25, 0.3) is 0 Å². The lowest BCUT2D eigenvalue weighted by atomic mass is 9.71. The Labute approximate surface area is 142 Å². The minimum absolute atomic E-state index is 0. The maximum Gasteiger partial charge on any atom is 0.274 e. The Bertz CT molecular complexity index is 545. The summed E-state index contributed by atoms with van der Waals surface area (Å²) in [5.74, 6) is -0.0782. The summed E-state index contributed by atoms with van der Waals surface area (Å²) in [5.41, 5.74) is 6.35. The average molecular weight is 342 g/mol. The summed E-state index contributed by atoms with van der Waals surface area (Å²) in [7, 11) is 0. The second-order valence-electron chi connectivity index (χ2n) is 6.10. The number of carbonyl (C=O) groups is 1. The van der Waals surface area contributed by atoms with Gasteiger partial charge in [-0.2, -0.15) is 0 Å².